The molecule has 3 nitrogen and oxygen atoms in total. The van der Waals surface area contributed by atoms with E-state index in [-0.39, 0.29) is 18.7 Å². The quantitative estimate of drug-likeness (QED) is 0.448. The molecule has 0 fully saturated rings. The lowest BCUT2D eigenvalue weighted by molar-refractivity contribution is -0.153. The van der Waals surface area contributed by atoms with E-state index in [1.807, 2.05) is 6.92 Å². The van der Waals surface area contributed by atoms with Gasteiger partial charge in [-0.05, 0) is 19.3 Å². The van der Waals surface area contributed by atoms with Crippen molar-refractivity contribution in [3.05, 3.63) is 0 Å². The average molecular weight is 202 g/mol. The molecule has 1 unspecified atom stereocenters. The lowest BCUT2D eigenvalue weighted by atomic mass is 10.1. The van der Waals surface area contributed by atoms with Crippen molar-refractivity contribution in [3.63, 3.8) is 0 Å². The van der Waals surface area contributed by atoms with Crippen LogP contribution in [0.25, 0.3) is 0 Å². The Labute approximate surface area is 86.8 Å². The van der Waals surface area contributed by atoms with Gasteiger partial charge < -0.3 is 9.47 Å². The molecule has 3 heteroatoms. The van der Waals surface area contributed by atoms with Crippen LogP contribution in [0, 0.1) is 0 Å². The molecule has 0 rings (SSSR count). The van der Waals surface area contributed by atoms with Crippen molar-refractivity contribution in [1.82, 2.24) is 0 Å². The van der Waals surface area contributed by atoms with Crippen molar-refractivity contribution in [2.24, 2.45) is 0 Å². The molecule has 0 radical (unpaired) electrons. The molecular weight excluding hydrogens is 180 g/mol. The number of hydrogen-bond donors (Lipinski definition) is 0. The largest absolute Gasteiger partial charge is 0.461 e. The molecule has 0 bridgehead atoms. The summed E-state index contributed by atoms with van der Waals surface area (Å²) in [5, 5.41) is 0. The number of methoxy groups -OCH3 is 1. The Kier molecular flexibility index (Phi) is 8.64. The molecule has 84 valence electrons. The van der Waals surface area contributed by atoms with Crippen LogP contribution in [0.4, 0.5) is 0 Å². The van der Waals surface area contributed by atoms with Gasteiger partial charge in [-0.25, -0.2) is 4.79 Å². The highest BCUT2D eigenvalue weighted by Crippen LogP contribution is 2.10. The SMILES string of the molecule is CCCCCC(CC)OC(=O)COC. The van der Waals surface area contributed by atoms with E-state index in [2.05, 4.69) is 6.92 Å². The van der Waals surface area contributed by atoms with Crippen LogP contribution in [0.5, 0.6) is 0 Å². The Morgan fingerprint density at radius 3 is 2.50 bits per heavy atom. The van der Waals surface area contributed by atoms with Crippen LogP contribution in [0.3, 0.4) is 0 Å². The molecule has 0 aliphatic rings. The smallest absolute Gasteiger partial charge is 0.332 e. The van der Waals surface area contributed by atoms with Gasteiger partial charge in [-0.2, -0.15) is 0 Å². The third-order valence-electron chi connectivity index (χ3n) is 2.15. The fourth-order valence-corrected chi connectivity index (χ4v) is 1.31. The summed E-state index contributed by atoms with van der Waals surface area (Å²) < 4.78 is 9.92. The molecule has 0 N–H and O–H groups in total. The Balaban J connectivity index is 3.61. The zero-order valence-electron chi connectivity index (χ0n) is 9.54. The molecule has 14 heavy (non-hydrogen) atoms. The topological polar surface area (TPSA) is 35.5 Å². The lowest BCUT2D eigenvalue weighted by Gasteiger charge is -2.15. The van der Waals surface area contributed by atoms with Gasteiger partial charge in [0.2, 0.25) is 0 Å². The summed E-state index contributed by atoms with van der Waals surface area (Å²) in [4.78, 5) is 11.1. The zero-order valence-corrected chi connectivity index (χ0v) is 9.54. The van der Waals surface area contributed by atoms with Crippen LogP contribution in [-0.4, -0.2) is 25.8 Å². The second kappa shape index (κ2) is 9.00. The standard InChI is InChI=1S/C11H22O3/c1-4-6-7-8-10(5-2)14-11(12)9-13-3/h10H,4-9H2,1-3H3. The monoisotopic (exact) mass is 202 g/mol. The maximum atomic E-state index is 11.1. The van der Waals surface area contributed by atoms with Crippen LogP contribution < -0.4 is 0 Å². The van der Waals surface area contributed by atoms with Gasteiger partial charge in [0.1, 0.15) is 12.7 Å². The summed E-state index contributed by atoms with van der Waals surface area (Å²) in [5.74, 6) is -0.254. The maximum absolute atomic E-state index is 11.1. The van der Waals surface area contributed by atoms with Gasteiger partial charge in [-0.3, -0.25) is 0 Å². The lowest BCUT2D eigenvalue weighted by Crippen LogP contribution is -2.20. The molecule has 0 spiro atoms. The molecule has 0 aliphatic carbocycles. The molecule has 0 aromatic rings. The minimum Gasteiger partial charge on any atom is -0.461 e. The highest BCUT2D eigenvalue weighted by atomic mass is 16.6. The van der Waals surface area contributed by atoms with Gasteiger partial charge in [0, 0.05) is 7.11 Å². The van der Waals surface area contributed by atoms with E-state index in [0.717, 1.165) is 19.3 Å². The highest BCUT2D eigenvalue weighted by Gasteiger charge is 2.11. The minimum atomic E-state index is -0.254. The van der Waals surface area contributed by atoms with Crippen LogP contribution in [0.15, 0.2) is 0 Å². The van der Waals surface area contributed by atoms with Crippen LogP contribution in [0.2, 0.25) is 0 Å². The second-order valence-corrected chi connectivity index (χ2v) is 3.45. The number of hydrogen-bond acceptors (Lipinski definition) is 3. The molecule has 0 saturated heterocycles. The maximum Gasteiger partial charge on any atom is 0.332 e. The van der Waals surface area contributed by atoms with E-state index in [1.165, 1.54) is 20.0 Å². The van der Waals surface area contributed by atoms with Gasteiger partial charge in [-0.15, -0.1) is 0 Å². The minimum absolute atomic E-state index is 0.0598. The normalized spacial score (nSPS) is 12.5. The van der Waals surface area contributed by atoms with Crippen molar-refractivity contribution in [2.75, 3.05) is 13.7 Å². The van der Waals surface area contributed by atoms with Crippen LogP contribution in [0.1, 0.15) is 46.0 Å². The Morgan fingerprint density at radius 1 is 1.29 bits per heavy atom. The molecule has 1 atom stereocenters. The molecule has 0 saturated carbocycles. The van der Waals surface area contributed by atoms with Crippen molar-refractivity contribution >= 4 is 5.97 Å². The molecule has 0 heterocycles. The van der Waals surface area contributed by atoms with Crippen molar-refractivity contribution in [1.29, 1.82) is 0 Å². The molecular formula is C11H22O3. The molecule has 0 amide bonds. The fourth-order valence-electron chi connectivity index (χ4n) is 1.31. The van der Waals surface area contributed by atoms with Crippen molar-refractivity contribution in [2.45, 2.75) is 52.1 Å². The Hall–Kier alpha value is -0.570. The van der Waals surface area contributed by atoms with E-state index >= 15 is 0 Å². The summed E-state index contributed by atoms with van der Waals surface area (Å²) in [6, 6.07) is 0. The van der Waals surface area contributed by atoms with Gasteiger partial charge in [0.05, 0.1) is 0 Å². The first-order valence-electron chi connectivity index (χ1n) is 5.43. The van der Waals surface area contributed by atoms with E-state index in [1.54, 1.807) is 0 Å². The number of unbranched alkanes of at least 4 members (excludes halogenated alkanes) is 2. The first-order valence-corrected chi connectivity index (χ1v) is 5.43. The number of carbonyl (C=O) groups excluding carboxylic acids is 1. The second-order valence-electron chi connectivity index (χ2n) is 3.45. The van der Waals surface area contributed by atoms with Gasteiger partial charge >= 0.3 is 5.97 Å². The predicted octanol–water partition coefficient (Wildman–Crippen LogP) is 2.53. The number of ether oxygens (including phenoxy) is 2. The summed E-state index contributed by atoms with van der Waals surface area (Å²) in [5.41, 5.74) is 0. The molecule has 0 aromatic heterocycles. The summed E-state index contributed by atoms with van der Waals surface area (Å²) in [6.45, 7) is 4.26. The van der Waals surface area contributed by atoms with Gasteiger partial charge in [0.15, 0.2) is 0 Å². The summed E-state index contributed by atoms with van der Waals surface area (Å²) >= 11 is 0. The fraction of sp³-hybridized carbons (Fsp3) is 0.909. The molecule has 0 aromatic carbocycles. The van der Waals surface area contributed by atoms with E-state index < -0.39 is 0 Å². The van der Waals surface area contributed by atoms with Gasteiger partial charge in [0.25, 0.3) is 0 Å². The third kappa shape index (κ3) is 6.89. The Morgan fingerprint density at radius 2 is 2.00 bits per heavy atom. The Bertz CT molecular complexity index is 145. The third-order valence-corrected chi connectivity index (χ3v) is 2.15. The molecule has 0 aliphatic heterocycles. The van der Waals surface area contributed by atoms with E-state index in [4.69, 9.17) is 9.47 Å². The zero-order chi connectivity index (χ0) is 10.8. The average Bonchev–Trinajstić information content (AvgIpc) is 2.17. The summed E-state index contributed by atoms with van der Waals surface area (Å²) in [6.07, 6.45) is 5.47. The first-order chi connectivity index (χ1) is 6.74. The predicted molar refractivity (Wildman–Crippen MR) is 56.2 cm³/mol. The van der Waals surface area contributed by atoms with Crippen LogP contribution in [-0.2, 0) is 14.3 Å². The van der Waals surface area contributed by atoms with Crippen molar-refractivity contribution < 1.29 is 14.3 Å². The highest BCUT2D eigenvalue weighted by molar-refractivity contribution is 5.70. The van der Waals surface area contributed by atoms with Crippen LogP contribution >= 0.6 is 0 Å². The van der Waals surface area contributed by atoms with Crippen molar-refractivity contribution in [3.8, 4) is 0 Å². The number of esters is 1. The number of rotatable bonds is 8. The van der Waals surface area contributed by atoms with E-state index in [9.17, 15) is 4.79 Å². The number of carbonyl (C=O) groups is 1. The first kappa shape index (κ1) is 13.4. The van der Waals surface area contributed by atoms with Gasteiger partial charge in [-0.1, -0.05) is 26.7 Å². The van der Waals surface area contributed by atoms with E-state index in [0.29, 0.717) is 0 Å². The summed E-state index contributed by atoms with van der Waals surface area (Å²) in [7, 11) is 1.50.